The molecule has 2 heteroatoms. The molecule has 1 saturated carbocycles. The molecule has 0 saturated heterocycles. The Kier molecular flexibility index (Phi) is 4.13. The first-order valence-electron chi connectivity index (χ1n) is 5.26. The third-order valence-corrected chi connectivity index (χ3v) is 3.01. The van der Waals surface area contributed by atoms with Gasteiger partial charge < -0.3 is 5.73 Å². The number of rotatable bonds is 1. The lowest BCUT2D eigenvalue weighted by Crippen LogP contribution is -2.23. The van der Waals surface area contributed by atoms with Crippen molar-refractivity contribution in [1.82, 2.24) is 0 Å². The van der Waals surface area contributed by atoms with Gasteiger partial charge in [0.05, 0.1) is 7.85 Å². The highest BCUT2D eigenvalue weighted by atomic mass is 14.6. The predicted octanol–water partition coefficient (Wildman–Crippen LogP) is 2.41. The van der Waals surface area contributed by atoms with Crippen molar-refractivity contribution in [2.75, 3.05) is 6.54 Å². The largest absolute Gasteiger partial charge is 0.331 e. The Balaban J connectivity index is 2.38. The van der Waals surface area contributed by atoms with Crippen molar-refractivity contribution in [2.45, 2.75) is 56.7 Å². The SMILES string of the molecule is [B]C1(CN)CCCCCCCC1. The molecule has 0 amide bonds. The molecule has 0 aromatic carbocycles. The van der Waals surface area contributed by atoms with Gasteiger partial charge in [-0.3, -0.25) is 0 Å². The molecule has 2 N–H and O–H groups in total. The molecule has 1 aliphatic rings. The van der Waals surface area contributed by atoms with Gasteiger partial charge >= 0.3 is 0 Å². The van der Waals surface area contributed by atoms with Crippen molar-refractivity contribution in [3.8, 4) is 0 Å². The lowest BCUT2D eigenvalue weighted by molar-refractivity contribution is 0.460. The van der Waals surface area contributed by atoms with Gasteiger partial charge in [-0.1, -0.05) is 56.7 Å². The molecule has 2 radical (unpaired) electrons. The summed E-state index contributed by atoms with van der Waals surface area (Å²) < 4.78 is 0. The average Bonchev–Trinajstić information content (AvgIpc) is 2.18. The van der Waals surface area contributed by atoms with E-state index in [0.717, 1.165) is 12.8 Å². The number of hydrogen-bond acceptors (Lipinski definition) is 1. The molecule has 12 heavy (non-hydrogen) atoms. The van der Waals surface area contributed by atoms with Crippen LogP contribution in [0, 0.1) is 0 Å². The van der Waals surface area contributed by atoms with E-state index >= 15 is 0 Å². The maximum absolute atomic E-state index is 6.17. The van der Waals surface area contributed by atoms with Crippen molar-refractivity contribution in [3.05, 3.63) is 0 Å². The fourth-order valence-electron chi connectivity index (χ4n) is 1.99. The van der Waals surface area contributed by atoms with E-state index in [0.29, 0.717) is 6.54 Å². The quantitative estimate of drug-likeness (QED) is 0.593. The summed E-state index contributed by atoms with van der Waals surface area (Å²) in [5.74, 6) is 0. The molecule has 0 aliphatic heterocycles. The molecule has 0 spiro atoms. The maximum Gasteiger partial charge on any atom is 0.0763 e. The Labute approximate surface area is 77.5 Å². The van der Waals surface area contributed by atoms with Crippen LogP contribution < -0.4 is 5.73 Å². The Morgan fingerprint density at radius 3 is 1.75 bits per heavy atom. The Hall–Kier alpha value is 0.0249. The molecule has 1 fully saturated rings. The molecule has 1 nitrogen and oxygen atoms in total. The standard InChI is InChI=1S/C10H20BN/c11-10(9-12)7-5-3-1-2-4-6-8-10/h1-9,12H2. The minimum absolute atomic E-state index is 0.0374. The minimum atomic E-state index is -0.0374. The molecule has 0 aromatic rings. The van der Waals surface area contributed by atoms with E-state index in [4.69, 9.17) is 13.6 Å². The van der Waals surface area contributed by atoms with Gasteiger partial charge in [0.1, 0.15) is 0 Å². The summed E-state index contributed by atoms with van der Waals surface area (Å²) in [5, 5.41) is -0.0374. The highest BCUT2D eigenvalue weighted by molar-refractivity contribution is 6.15. The Bertz CT molecular complexity index is 115. The van der Waals surface area contributed by atoms with Gasteiger partial charge in [-0.15, -0.1) is 0 Å². The molecule has 0 atom stereocenters. The summed E-state index contributed by atoms with van der Waals surface area (Å²) in [5.41, 5.74) is 5.68. The van der Waals surface area contributed by atoms with Crippen LogP contribution in [0.3, 0.4) is 0 Å². The molecule has 68 valence electrons. The lowest BCUT2D eigenvalue weighted by Gasteiger charge is -2.27. The van der Waals surface area contributed by atoms with Crippen LogP contribution in [0.25, 0.3) is 0 Å². The van der Waals surface area contributed by atoms with E-state index in [1.807, 2.05) is 0 Å². The second-order valence-electron chi connectivity index (χ2n) is 4.19. The van der Waals surface area contributed by atoms with Gasteiger partial charge in [0.2, 0.25) is 0 Å². The smallest absolute Gasteiger partial charge is 0.0763 e. The van der Waals surface area contributed by atoms with Crippen molar-refractivity contribution in [3.63, 3.8) is 0 Å². The fraction of sp³-hybridized carbons (Fsp3) is 1.00. The normalized spacial score (nSPS) is 25.4. The Morgan fingerprint density at radius 1 is 0.917 bits per heavy atom. The van der Waals surface area contributed by atoms with Crippen molar-refractivity contribution in [1.29, 1.82) is 0 Å². The molecule has 0 unspecified atom stereocenters. The molecular weight excluding hydrogens is 145 g/mol. The second kappa shape index (κ2) is 4.91. The summed E-state index contributed by atoms with van der Waals surface area (Å²) in [6.07, 6.45) is 10.3. The molecule has 0 aromatic heterocycles. The zero-order chi connectivity index (χ0) is 8.86. The predicted molar refractivity (Wildman–Crippen MR) is 54.4 cm³/mol. The lowest BCUT2D eigenvalue weighted by atomic mass is 9.63. The number of nitrogens with two attached hydrogens (primary N) is 1. The summed E-state index contributed by atoms with van der Waals surface area (Å²) in [6.45, 7) is 0.660. The van der Waals surface area contributed by atoms with Gasteiger partial charge in [-0.25, -0.2) is 0 Å². The van der Waals surface area contributed by atoms with Crippen molar-refractivity contribution in [2.24, 2.45) is 5.73 Å². The van der Waals surface area contributed by atoms with Crippen molar-refractivity contribution >= 4 is 7.85 Å². The van der Waals surface area contributed by atoms with E-state index in [-0.39, 0.29) is 5.31 Å². The summed E-state index contributed by atoms with van der Waals surface area (Å²) in [6, 6.07) is 0. The first-order chi connectivity index (χ1) is 5.77. The van der Waals surface area contributed by atoms with Crippen LogP contribution in [0.2, 0.25) is 5.31 Å². The zero-order valence-corrected chi connectivity index (χ0v) is 8.02. The summed E-state index contributed by atoms with van der Waals surface area (Å²) in [7, 11) is 6.17. The first kappa shape index (κ1) is 10.1. The summed E-state index contributed by atoms with van der Waals surface area (Å²) >= 11 is 0. The Morgan fingerprint density at radius 2 is 1.33 bits per heavy atom. The molecular formula is C10H20BN. The van der Waals surface area contributed by atoms with Gasteiger partial charge in [-0.2, -0.15) is 0 Å². The van der Waals surface area contributed by atoms with E-state index in [2.05, 4.69) is 0 Å². The van der Waals surface area contributed by atoms with Crippen LogP contribution >= 0.6 is 0 Å². The van der Waals surface area contributed by atoms with E-state index in [1.165, 1.54) is 38.5 Å². The van der Waals surface area contributed by atoms with E-state index in [9.17, 15) is 0 Å². The molecule has 0 bridgehead atoms. The van der Waals surface area contributed by atoms with Gasteiger partial charge in [0, 0.05) is 0 Å². The van der Waals surface area contributed by atoms with Gasteiger partial charge in [0.25, 0.3) is 0 Å². The first-order valence-corrected chi connectivity index (χ1v) is 5.26. The molecule has 1 aliphatic carbocycles. The average molecular weight is 165 g/mol. The molecule has 1 rings (SSSR count). The summed E-state index contributed by atoms with van der Waals surface area (Å²) in [4.78, 5) is 0. The van der Waals surface area contributed by atoms with Crippen LogP contribution in [0.15, 0.2) is 0 Å². The second-order valence-corrected chi connectivity index (χ2v) is 4.19. The highest BCUT2D eigenvalue weighted by Crippen LogP contribution is 2.35. The van der Waals surface area contributed by atoms with E-state index < -0.39 is 0 Å². The number of hydrogen-bond donors (Lipinski definition) is 1. The van der Waals surface area contributed by atoms with Crippen LogP contribution in [0.5, 0.6) is 0 Å². The van der Waals surface area contributed by atoms with Gasteiger partial charge in [0.15, 0.2) is 0 Å². The van der Waals surface area contributed by atoms with Crippen LogP contribution in [-0.4, -0.2) is 14.4 Å². The topological polar surface area (TPSA) is 26.0 Å². The zero-order valence-electron chi connectivity index (χ0n) is 8.02. The van der Waals surface area contributed by atoms with Crippen LogP contribution in [0.1, 0.15) is 51.4 Å². The fourth-order valence-corrected chi connectivity index (χ4v) is 1.99. The van der Waals surface area contributed by atoms with Crippen LogP contribution in [-0.2, 0) is 0 Å². The third-order valence-electron chi connectivity index (χ3n) is 3.01. The minimum Gasteiger partial charge on any atom is -0.331 e. The van der Waals surface area contributed by atoms with Crippen LogP contribution in [0.4, 0.5) is 0 Å². The molecule has 0 heterocycles. The maximum atomic E-state index is 6.17. The van der Waals surface area contributed by atoms with Gasteiger partial charge in [-0.05, 0) is 6.54 Å². The monoisotopic (exact) mass is 165 g/mol. The van der Waals surface area contributed by atoms with Crippen molar-refractivity contribution < 1.29 is 0 Å². The highest BCUT2D eigenvalue weighted by Gasteiger charge is 2.21. The third kappa shape index (κ3) is 3.18. The van der Waals surface area contributed by atoms with E-state index in [1.54, 1.807) is 0 Å².